The molecule has 4 rings (SSSR count). The van der Waals surface area contributed by atoms with Crippen molar-refractivity contribution in [1.29, 1.82) is 0 Å². The van der Waals surface area contributed by atoms with Crippen molar-refractivity contribution in [3.63, 3.8) is 0 Å². The van der Waals surface area contributed by atoms with Crippen LogP contribution >= 0.6 is 0 Å². The summed E-state index contributed by atoms with van der Waals surface area (Å²) in [4.78, 5) is 39.4. The number of nitrogens with zero attached hydrogens (tertiary/aromatic N) is 3. The molecule has 2 aliphatic rings. The van der Waals surface area contributed by atoms with E-state index in [2.05, 4.69) is 5.43 Å². The van der Waals surface area contributed by atoms with Gasteiger partial charge in [-0.15, -0.1) is 0 Å². The van der Waals surface area contributed by atoms with E-state index in [1.807, 2.05) is 35.2 Å². The van der Waals surface area contributed by atoms with E-state index >= 15 is 4.39 Å². The van der Waals surface area contributed by atoms with Gasteiger partial charge in [0, 0.05) is 32.5 Å². The normalized spacial score (nSPS) is 18.4. The summed E-state index contributed by atoms with van der Waals surface area (Å²) < 4.78 is 20.4. The van der Waals surface area contributed by atoms with Crippen LogP contribution < -0.4 is 15.2 Å². The predicted molar refractivity (Wildman–Crippen MR) is 131 cm³/mol. The fraction of sp³-hybridized carbons (Fsp3) is 0.423. The highest BCUT2D eigenvalue weighted by Crippen LogP contribution is 2.29. The number of carbonyl (C=O) groups is 3. The molecular weight excluding hydrogens is 451 g/mol. The standard InChI is InChI=1S/C26H31FN4O4/c1-19(32)7-10-22-18-30(26(34)35-22)21-9-11-24(23(27)17-21)29-14-13-28-31(16-15-29)25(33)12-8-20-5-3-2-4-6-20/h2-6,9,11,17,22,28H,7-8,10,12-16,18H2,1H3/t22-/m0/s1. The maximum absolute atomic E-state index is 15.1. The van der Waals surface area contributed by atoms with Crippen LogP contribution in [-0.4, -0.2) is 61.6 Å². The number of ether oxygens (including phenoxy) is 1. The Morgan fingerprint density at radius 1 is 1.09 bits per heavy atom. The molecule has 2 heterocycles. The molecule has 1 atom stereocenters. The third-order valence-corrected chi connectivity index (χ3v) is 6.33. The largest absolute Gasteiger partial charge is 0.444 e. The summed E-state index contributed by atoms with van der Waals surface area (Å²) in [5, 5.41) is 1.62. The van der Waals surface area contributed by atoms with Crippen molar-refractivity contribution in [2.75, 3.05) is 42.5 Å². The molecule has 0 spiro atoms. The number of hydrazine groups is 1. The zero-order valence-electron chi connectivity index (χ0n) is 19.9. The van der Waals surface area contributed by atoms with Crippen molar-refractivity contribution in [2.45, 2.75) is 38.7 Å². The van der Waals surface area contributed by atoms with E-state index in [1.165, 1.54) is 17.9 Å². The zero-order valence-corrected chi connectivity index (χ0v) is 19.9. The molecular formula is C26H31FN4O4. The van der Waals surface area contributed by atoms with E-state index in [0.29, 0.717) is 69.8 Å². The number of anilines is 2. The van der Waals surface area contributed by atoms with Gasteiger partial charge in [-0.1, -0.05) is 30.3 Å². The first-order chi connectivity index (χ1) is 16.9. The molecule has 186 valence electrons. The van der Waals surface area contributed by atoms with Gasteiger partial charge >= 0.3 is 6.09 Å². The van der Waals surface area contributed by atoms with Crippen LogP contribution in [-0.2, 0) is 20.7 Å². The Kier molecular flexibility index (Phi) is 7.97. The number of Topliss-reactive ketones (excluding diaryl/α,β-unsaturated/α-hetero) is 1. The topological polar surface area (TPSA) is 82.2 Å². The lowest BCUT2D eigenvalue weighted by Gasteiger charge is -2.24. The van der Waals surface area contributed by atoms with Gasteiger partial charge in [0.05, 0.1) is 24.5 Å². The number of hydrogen-bond donors (Lipinski definition) is 1. The maximum Gasteiger partial charge on any atom is 0.414 e. The molecule has 0 saturated carbocycles. The first kappa shape index (κ1) is 24.7. The second kappa shape index (κ2) is 11.3. The number of rotatable bonds is 8. The number of cyclic esters (lactones) is 1. The first-order valence-electron chi connectivity index (χ1n) is 12.0. The van der Waals surface area contributed by atoms with Gasteiger partial charge in [-0.25, -0.2) is 14.6 Å². The Bertz CT molecular complexity index is 1060. The number of nitrogens with one attached hydrogen (secondary N) is 1. The van der Waals surface area contributed by atoms with Gasteiger partial charge in [0.1, 0.15) is 17.7 Å². The minimum Gasteiger partial charge on any atom is -0.444 e. The molecule has 9 heteroatoms. The van der Waals surface area contributed by atoms with Crippen molar-refractivity contribution < 1.29 is 23.5 Å². The summed E-state index contributed by atoms with van der Waals surface area (Å²) >= 11 is 0. The molecule has 0 aromatic heterocycles. The van der Waals surface area contributed by atoms with Crippen LogP contribution in [0.15, 0.2) is 48.5 Å². The number of ketones is 1. The molecule has 2 amide bonds. The highest BCUT2D eigenvalue weighted by atomic mass is 19.1. The Hall–Kier alpha value is -3.46. The Morgan fingerprint density at radius 2 is 1.89 bits per heavy atom. The highest BCUT2D eigenvalue weighted by Gasteiger charge is 2.33. The average Bonchev–Trinajstić information content (AvgIpc) is 3.06. The van der Waals surface area contributed by atoms with E-state index in [4.69, 9.17) is 4.74 Å². The van der Waals surface area contributed by atoms with Crippen LogP contribution in [0.1, 0.15) is 31.7 Å². The molecule has 2 fully saturated rings. The lowest BCUT2D eigenvalue weighted by Crippen LogP contribution is -2.43. The summed E-state index contributed by atoms with van der Waals surface area (Å²) in [6.45, 7) is 3.76. The van der Waals surface area contributed by atoms with Crippen LogP contribution in [0.3, 0.4) is 0 Å². The van der Waals surface area contributed by atoms with Crippen LogP contribution in [0.25, 0.3) is 0 Å². The van der Waals surface area contributed by atoms with Crippen molar-refractivity contribution in [3.05, 3.63) is 59.9 Å². The number of aryl methyl sites for hydroxylation is 1. The Balaban J connectivity index is 1.33. The highest BCUT2D eigenvalue weighted by molar-refractivity contribution is 5.90. The summed E-state index contributed by atoms with van der Waals surface area (Å²) in [5.74, 6) is -0.386. The minimum absolute atomic E-state index is 0.0124. The average molecular weight is 483 g/mol. The third kappa shape index (κ3) is 6.36. The second-order valence-corrected chi connectivity index (χ2v) is 8.92. The molecule has 8 nitrogen and oxygen atoms in total. The van der Waals surface area contributed by atoms with Gasteiger partial charge in [-0.2, -0.15) is 0 Å². The number of carbonyl (C=O) groups excluding carboxylic acids is 3. The molecule has 0 aliphatic carbocycles. The van der Waals surface area contributed by atoms with E-state index in [-0.39, 0.29) is 17.8 Å². The van der Waals surface area contributed by atoms with E-state index < -0.39 is 11.9 Å². The molecule has 0 unspecified atom stereocenters. The molecule has 35 heavy (non-hydrogen) atoms. The molecule has 1 N–H and O–H groups in total. The van der Waals surface area contributed by atoms with Gasteiger partial charge in [0.25, 0.3) is 0 Å². The fourth-order valence-corrected chi connectivity index (χ4v) is 4.38. The molecule has 0 bridgehead atoms. The van der Waals surface area contributed by atoms with Crippen LogP contribution in [0, 0.1) is 5.82 Å². The number of amides is 2. The monoisotopic (exact) mass is 482 g/mol. The van der Waals surface area contributed by atoms with Gasteiger partial charge in [0.15, 0.2) is 0 Å². The summed E-state index contributed by atoms with van der Waals surface area (Å²) in [6.07, 6.45) is 0.962. The maximum atomic E-state index is 15.1. The molecule has 0 radical (unpaired) electrons. The van der Waals surface area contributed by atoms with Crippen LogP contribution in [0.2, 0.25) is 0 Å². The van der Waals surface area contributed by atoms with Crippen molar-refractivity contribution in [2.24, 2.45) is 0 Å². The molecule has 2 aromatic carbocycles. The van der Waals surface area contributed by atoms with Gasteiger partial charge in [0.2, 0.25) is 5.91 Å². The van der Waals surface area contributed by atoms with Gasteiger partial charge in [-0.05, 0) is 43.5 Å². The van der Waals surface area contributed by atoms with Crippen LogP contribution in [0.4, 0.5) is 20.6 Å². The number of halogens is 1. The number of benzene rings is 2. The Morgan fingerprint density at radius 3 is 2.63 bits per heavy atom. The molecule has 2 aromatic rings. The zero-order chi connectivity index (χ0) is 24.8. The third-order valence-electron chi connectivity index (χ3n) is 6.33. The minimum atomic E-state index is -0.533. The van der Waals surface area contributed by atoms with Crippen molar-refractivity contribution in [1.82, 2.24) is 10.4 Å². The van der Waals surface area contributed by atoms with Crippen LogP contribution in [0.5, 0.6) is 0 Å². The lowest BCUT2D eigenvalue weighted by atomic mass is 10.1. The van der Waals surface area contributed by atoms with Crippen molar-refractivity contribution >= 4 is 29.2 Å². The predicted octanol–water partition coefficient (Wildman–Crippen LogP) is 3.31. The smallest absolute Gasteiger partial charge is 0.414 e. The lowest BCUT2D eigenvalue weighted by molar-refractivity contribution is -0.133. The van der Waals surface area contributed by atoms with Gasteiger partial charge in [-0.3, -0.25) is 14.7 Å². The first-order valence-corrected chi connectivity index (χ1v) is 12.0. The van der Waals surface area contributed by atoms with E-state index in [1.54, 1.807) is 17.1 Å². The summed E-state index contributed by atoms with van der Waals surface area (Å²) in [6, 6.07) is 14.6. The summed E-state index contributed by atoms with van der Waals surface area (Å²) in [7, 11) is 0. The molecule has 2 saturated heterocycles. The number of hydrogen-bond acceptors (Lipinski definition) is 6. The fourth-order valence-electron chi connectivity index (χ4n) is 4.38. The quantitative estimate of drug-likeness (QED) is 0.622. The SMILES string of the molecule is CC(=O)CC[C@H]1CN(c2ccc(N3CCNN(C(=O)CCc4ccccc4)CC3)c(F)c2)C(=O)O1. The van der Waals surface area contributed by atoms with Crippen molar-refractivity contribution in [3.8, 4) is 0 Å². The summed E-state index contributed by atoms with van der Waals surface area (Å²) in [5.41, 5.74) is 5.12. The van der Waals surface area contributed by atoms with Gasteiger partial charge < -0.3 is 14.4 Å². The van der Waals surface area contributed by atoms with E-state index in [0.717, 1.165) is 5.56 Å². The molecule has 2 aliphatic heterocycles. The van der Waals surface area contributed by atoms with E-state index in [9.17, 15) is 14.4 Å². The second-order valence-electron chi connectivity index (χ2n) is 8.92. The Labute approximate surface area is 204 Å².